The van der Waals surface area contributed by atoms with Crippen LogP contribution in [0, 0.1) is 11.3 Å². The van der Waals surface area contributed by atoms with Crippen LogP contribution in [-0.4, -0.2) is 19.1 Å². The van der Waals surface area contributed by atoms with Crippen molar-refractivity contribution in [1.82, 2.24) is 5.32 Å². The van der Waals surface area contributed by atoms with Crippen LogP contribution in [-0.2, 0) is 9.53 Å². The third-order valence-electron chi connectivity index (χ3n) is 6.88. The molecule has 0 aliphatic carbocycles. The molecule has 33 heavy (non-hydrogen) atoms. The summed E-state index contributed by atoms with van der Waals surface area (Å²) in [7, 11) is 1.71. The van der Waals surface area contributed by atoms with Gasteiger partial charge in [0.15, 0.2) is 0 Å². The van der Waals surface area contributed by atoms with E-state index in [-0.39, 0.29) is 29.9 Å². The summed E-state index contributed by atoms with van der Waals surface area (Å²) in [5.41, 5.74) is 2.65. The van der Waals surface area contributed by atoms with Crippen LogP contribution in [0.1, 0.15) is 56.3 Å². The smallest absolute Gasteiger partial charge is 0.226 e. The van der Waals surface area contributed by atoms with E-state index >= 15 is 0 Å². The van der Waals surface area contributed by atoms with Crippen LogP contribution in [0.4, 0.5) is 0 Å². The number of benzene rings is 2. The zero-order valence-corrected chi connectivity index (χ0v) is 21.1. The summed E-state index contributed by atoms with van der Waals surface area (Å²) in [5.74, 6) is 0.139. The van der Waals surface area contributed by atoms with Crippen molar-refractivity contribution in [3.05, 3.63) is 94.5 Å². The fourth-order valence-corrected chi connectivity index (χ4v) is 5.32. The van der Waals surface area contributed by atoms with Crippen LogP contribution in [0.15, 0.2) is 73.3 Å². The first-order valence-electron chi connectivity index (χ1n) is 11.3. The summed E-state index contributed by atoms with van der Waals surface area (Å²) < 4.78 is 5.88. The van der Waals surface area contributed by atoms with Gasteiger partial charge in [-0.05, 0) is 61.6 Å². The van der Waals surface area contributed by atoms with Gasteiger partial charge in [0.2, 0.25) is 5.91 Å². The van der Waals surface area contributed by atoms with Gasteiger partial charge >= 0.3 is 0 Å². The molecule has 0 saturated carbocycles. The Balaban J connectivity index is 1.99. The minimum absolute atomic E-state index is 0.00633. The zero-order valence-electron chi connectivity index (χ0n) is 19.6. The Hall–Kier alpha value is -2.07. The molecular weight excluding hydrogens is 453 g/mol. The number of hydrogen-bond acceptors (Lipinski definition) is 2. The van der Waals surface area contributed by atoms with E-state index in [1.807, 2.05) is 62.4 Å². The van der Waals surface area contributed by atoms with Crippen molar-refractivity contribution in [2.24, 2.45) is 11.3 Å². The minimum atomic E-state index is -0.526. The van der Waals surface area contributed by atoms with E-state index in [1.54, 1.807) is 7.11 Å². The summed E-state index contributed by atoms with van der Waals surface area (Å²) in [6, 6.07) is 15.5. The monoisotopic (exact) mass is 485 g/mol. The van der Waals surface area contributed by atoms with E-state index < -0.39 is 5.41 Å². The van der Waals surface area contributed by atoms with Crippen LogP contribution in [0.3, 0.4) is 0 Å². The van der Waals surface area contributed by atoms with Gasteiger partial charge in [0.05, 0.1) is 11.5 Å². The highest BCUT2D eigenvalue weighted by Crippen LogP contribution is 2.46. The van der Waals surface area contributed by atoms with Crippen LogP contribution in [0.5, 0.6) is 0 Å². The molecule has 3 rings (SSSR count). The molecule has 1 amide bonds. The molecule has 1 saturated heterocycles. The number of carbonyl (C=O) groups excluding carboxylic acids is 1. The third-order valence-corrected chi connectivity index (χ3v) is 7.37. The SMILES string of the molecule is C=CC[C@@]1(C)C[C@H](c2cccc(Cl)c2)[C@H](C(C[C@H](OC)c2ccc(Cl)cc2)C(=C)C)NC1=O. The molecule has 5 atom stereocenters. The maximum atomic E-state index is 13.3. The highest BCUT2D eigenvalue weighted by atomic mass is 35.5. The van der Waals surface area contributed by atoms with Crippen LogP contribution < -0.4 is 5.32 Å². The number of rotatable bonds is 9. The number of ether oxygens (including phenoxy) is 1. The van der Waals surface area contributed by atoms with Gasteiger partial charge in [0, 0.05) is 35.0 Å². The van der Waals surface area contributed by atoms with E-state index in [4.69, 9.17) is 27.9 Å². The zero-order chi connectivity index (χ0) is 24.2. The number of piperidine rings is 1. The van der Waals surface area contributed by atoms with E-state index in [2.05, 4.69) is 24.5 Å². The standard InChI is InChI=1S/C28H33Cl2NO2/c1-6-14-28(4)17-24(20-8-7-9-22(30)15-20)26(31-27(28)32)23(18(2)3)16-25(33-5)19-10-12-21(29)13-11-19/h6-13,15,23-26H,1-2,14,16-17H2,3-5H3,(H,31,32)/t23?,24-,25+,26+,28+/m1/s1. The van der Waals surface area contributed by atoms with Gasteiger partial charge in [-0.25, -0.2) is 0 Å². The maximum Gasteiger partial charge on any atom is 0.226 e. The van der Waals surface area contributed by atoms with E-state index in [0.717, 1.165) is 16.7 Å². The molecular formula is C28H33Cl2NO2. The van der Waals surface area contributed by atoms with Gasteiger partial charge in [-0.2, -0.15) is 0 Å². The normalized spacial score (nSPS) is 24.6. The van der Waals surface area contributed by atoms with Crippen molar-refractivity contribution in [2.45, 2.75) is 51.2 Å². The molecule has 2 aromatic carbocycles. The van der Waals surface area contributed by atoms with E-state index in [0.29, 0.717) is 29.3 Å². The summed E-state index contributed by atoms with van der Waals surface area (Å²) >= 11 is 12.4. The number of carbonyl (C=O) groups is 1. The number of halogens is 2. The molecule has 176 valence electrons. The van der Waals surface area contributed by atoms with Gasteiger partial charge in [-0.3, -0.25) is 4.79 Å². The van der Waals surface area contributed by atoms with Crippen molar-refractivity contribution in [1.29, 1.82) is 0 Å². The molecule has 0 bridgehead atoms. The Morgan fingerprint density at radius 1 is 1.24 bits per heavy atom. The van der Waals surface area contributed by atoms with E-state index in [9.17, 15) is 4.79 Å². The Kier molecular flexibility index (Phi) is 8.44. The first-order chi connectivity index (χ1) is 15.7. The van der Waals surface area contributed by atoms with Gasteiger partial charge in [-0.1, -0.05) is 72.6 Å². The Bertz CT molecular complexity index is 1000. The molecule has 5 heteroatoms. The molecule has 1 fully saturated rings. The van der Waals surface area contributed by atoms with Crippen molar-refractivity contribution in [3.8, 4) is 0 Å². The van der Waals surface area contributed by atoms with Crippen molar-refractivity contribution >= 4 is 29.1 Å². The van der Waals surface area contributed by atoms with Crippen LogP contribution >= 0.6 is 23.2 Å². The highest BCUT2D eigenvalue weighted by Gasteiger charge is 2.46. The molecule has 0 spiro atoms. The van der Waals surface area contributed by atoms with Crippen molar-refractivity contribution in [3.63, 3.8) is 0 Å². The lowest BCUT2D eigenvalue weighted by molar-refractivity contribution is -0.135. The highest BCUT2D eigenvalue weighted by molar-refractivity contribution is 6.30. The lowest BCUT2D eigenvalue weighted by Gasteiger charge is -2.46. The average Bonchev–Trinajstić information content (AvgIpc) is 2.77. The summed E-state index contributed by atoms with van der Waals surface area (Å²) in [5, 5.41) is 4.74. The molecule has 0 aromatic heterocycles. The second-order valence-corrected chi connectivity index (χ2v) is 10.3. The number of nitrogens with one attached hydrogen (secondary N) is 1. The molecule has 1 unspecified atom stereocenters. The number of hydrogen-bond donors (Lipinski definition) is 1. The molecule has 1 heterocycles. The fraction of sp³-hybridized carbons (Fsp3) is 0.393. The topological polar surface area (TPSA) is 38.3 Å². The number of amides is 1. The van der Waals surface area contributed by atoms with Gasteiger partial charge < -0.3 is 10.1 Å². The quantitative estimate of drug-likeness (QED) is 0.372. The largest absolute Gasteiger partial charge is 0.377 e. The lowest BCUT2D eigenvalue weighted by Crippen LogP contribution is -2.56. The van der Waals surface area contributed by atoms with Gasteiger partial charge in [0.1, 0.15) is 0 Å². The maximum absolute atomic E-state index is 13.3. The Morgan fingerprint density at radius 3 is 2.52 bits per heavy atom. The van der Waals surface area contributed by atoms with Crippen LogP contribution in [0.2, 0.25) is 10.0 Å². The lowest BCUT2D eigenvalue weighted by atomic mass is 9.66. The van der Waals surface area contributed by atoms with Crippen molar-refractivity contribution in [2.75, 3.05) is 7.11 Å². The van der Waals surface area contributed by atoms with Crippen molar-refractivity contribution < 1.29 is 9.53 Å². The molecule has 2 aromatic rings. The Labute approximate surface area is 207 Å². The molecule has 1 aliphatic rings. The average molecular weight is 486 g/mol. The predicted molar refractivity (Wildman–Crippen MR) is 138 cm³/mol. The summed E-state index contributed by atoms with van der Waals surface area (Å²) in [6.07, 6.45) is 3.69. The predicted octanol–water partition coefficient (Wildman–Crippen LogP) is 7.52. The Morgan fingerprint density at radius 2 is 1.94 bits per heavy atom. The van der Waals surface area contributed by atoms with Gasteiger partial charge in [0.25, 0.3) is 0 Å². The second kappa shape index (κ2) is 10.9. The molecule has 1 N–H and O–H groups in total. The molecule has 1 aliphatic heterocycles. The first-order valence-corrected chi connectivity index (χ1v) is 12.0. The van der Waals surface area contributed by atoms with Gasteiger partial charge in [-0.15, -0.1) is 6.58 Å². The minimum Gasteiger partial charge on any atom is -0.377 e. The third kappa shape index (κ3) is 5.90. The molecule has 3 nitrogen and oxygen atoms in total. The fourth-order valence-electron chi connectivity index (χ4n) is 5.00. The van der Waals surface area contributed by atoms with E-state index in [1.165, 1.54) is 0 Å². The second-order valence-electron chi connectivity index (χ2n) is 9.38. The van der Waals surface area contributed by atoms with Crippen LogP contribution in [0.25, 0.3) is 0 Å². The summed E-state index contributed by atoms with van der Waals surface area (Å²) in [6.45, 7) is 12.2. The molecule has 0 radical (unpaired) electrons. The number of allylic oxidation sites excluding steroid dienone is 1. The number of methoxy groups -OCH3 is 1. The first kappa shape index (κ1) is 25.6. The summed E-state index contributed by atoms with van der Waals surface area (Å²) in [4.78, 5) is 13.3.